The SMILES string of the molecule is FCCN1CCCNC(c2ccccc2)C1. The molecule has 0 spiro atoms. The van der Waals surface area contributed by atoms with Gasteiger partial charge in [0, 0.05) is 19.1 Å². The largest absolute Gasteiger partial charge is 0.309 e. The summed E-state index contributed by atoms with van der Waals surface area (Å²) in [5, 5.41) is 3.52. The van der Waals surface area contributed by atoms with Gasteiger partial charge in [0.25, 0.3) is 0 Å². The summed E-state index contributed by atoms with van der Waals surface area (Å²) in [7, 11) is 0. The Balaban J connectivity index is 2.03. The second kappa shape index (κ2) is 5.97. The Labute approximate surface area is 96.5 Å². The summed E-state index contributed by atoms with van der Waals surface area (Å²) in [6.45, 7) is 3.24. The van der Waals surface area contributed by atoms with Gasteiger partial charge in [0.05, 0.1) is 0 Å². The van der Waals surface area contributed by atoms with Gasteiger partial charge in [-0.25, -0.2) is 4.39 Å². The van der Waals surface area contributed by atoms with Crippen molar-refractivity contribution >= 4 is 0 Å². The highest BCUT2D eigenvalue weighted by Gasteiger charge is 2.18. The summed E-state index contributed by atoms with van der Waals surface area (Å²) in [5.41, 5.74) is 1.30. The third-order valence-corrected chi connectivity index (χ3v) is 3.09. The summed E-state index contributed by atoms with van der Waals surface area (Å²) >= 11 is 0. The van der Waals surface area contributed by atoms with Gasteiger partial charge >= 0.3 is 0 Å². The Hall–Kier alpha value is -0.930. The topological polar surface area (TPSA) is 15.3 Å². The first-order valence-electron chi connectivity index (χ1n) is 5.97. The van der Waals surface area contributed by atoms with E-state index in [1.165, 1.54) is 5.56 Å². The van der Waals surface area contributed by atoms with Crippen LogP contribution in [0.1, 0.15) is 18.0 Å². The van der Waals surface area contributed by atoms with Crippen molar-refractivity contribution in [3.8, 4) is 0 Å². The predicted molar refractivity (Wildman–Crippen MR) is 64.2 cm³/mol. The quantitative estimate of drug-likeness (QED) is 0.841. The molecule has 2 nitrogen and oxygen atoms in total. The third kappa shape index (κ3) is 3.03. The van der Waals surface area contributed by atoms with E-state index in [1.807, 2.05) is 6.07 Å². The maximum absolute atomic E-state index is 12.4. The summed E-state index contributed by atoms with van der Waals surface area (Å²) in [6.07, 6.45) is 1.10. The van der Waals surface area contributed by atoms with Crippen LogP contribution in [0.5, 0.6) is 0 Å². The van der Waals surface area contributed by atoms with Gasteiger partial charge in [-0.15, -0.1) is 0 Å². The van der Waals surface area contributed by atoms with Crippen molar-refractivity contribution in [2.75, 3.05) is 32.9 Å². The predicted octanol–water partition coefficient (Wildman–Crippen LogP) is 1.99. The second-order valence-corrected chi connectivity index (χ2v) is 4.26. The molecule has 1 fully saturated rings. The number of halogens is 1. The van der Waals surface area contributed by atoms with E-state index in [1.54, 1.807) is 0 Å². The highest BCUT2D eigenvalue weighted by molar-refractivity contribution is 5.19. The molecule has 1 aromatic carbocycles. The van der Waals surface area contributed by atoms with E-state index in [0.29, 0.717) is 12.6 Å². The van der Waals surface area contributed by atoms with E-state index in [9.17, 15) is 4.39 Å². The monoisotopic (exact) mass is 222 g/mol. The van der Waals surface area contributed by atoms with Crippen LogP contribution in [-0.4, -0.2) is 37.8 Å². The Morgan fingerprint density at radius 3 is 2.88 bits per heavy atom. The number of nitrogens with zero attached hydrogens (tertiary/aromatic N) is 1. The summed E-state index contributed by atoms with van der Waals surface area (Å²) in [5.74, 6) is 0. The number of nitrogens with one attached hydrogen (secondary N) is 1. The smallest absolute Gasteiger partial charge is 0.102 e. The average molecular weight is 222 g/mol. The van der Waals surface area contributed by atoms with Gasteiger partial charge in [0.1, 0.15) is 6.67 Å². The highest BCUT2D eigenvalue weighted by atomic mass is 19.1. The number of alkyl halides is 1. The minimum atomic E-state index is -0.249. The molecule has 3 heteroatoms. The van der Waals surface area contributed by atoms with Crippen molar-refractivity contribution in [1.82, 2.24) is 10.2 Å². The minimum absolute atomic E-state index is 0.249. The van der Waals surface area contributed by atoms with Crippen molar-refractivity contribution in [1.29, 1.82) is 0 Å². The van der Waals surface area contributed by atoms with Gasteiger partial charge in [-0.3, -0.25) is 4.90 Å². The van der Waals surface area contributed by atoms with Gasteiger partial charge in [-0.1, -0.05) is 30.3 Å². The van der Waals surface area contributed by atoms with Crippen LogP contribution in [0.2, 0.25) is 0 Å². The fraction of sp³-hybridized carbons (Fsp3) is 0.538. The molecule has 0 bridgehead atoms. The van der Waals surface area contributed by atoms with E-state index in [-0.39, 0.29) is 6.67 Å². The molecule has 2 rings (SSSR count). The number of hydrogen-bond acceptors (Lipinski definition) is 2. The van der Waals surface area contributed by atoms with E-state index in [0.717, 1.165) is 26.1 Å². The lowest BCUT2D eigenvalue weighted by molar-refractivity contribution is 0.244. The third-order valence-electron chi connectivity index (χ3n) is 3.09. The fourth-order valence-electron chi connectivity index (χ4n) is 2.22. The molecule has 1 N–H and O–H groups in total. The summed E-state index contributed by atoms with van der Waals surface area (Å²) in [4.78, 5) is 2.21. The molecule has 0 amide bonds. The van der Waals surface area contributed by atoms with Crippen LogP contribution in [0.25, 0.3) is 0 Å². The van der Waals surface area contributed by atoms with Crippen LogP contribution in [0, 0.1) is 0 Å². The van der Waals surface area contributed by atoms with Gasteiger partial charge in [0.15, 0.2) is 0 Å². The van der Waals surface area contributed by atoms with Crippen molar-refractivity contribution in [2.45, 2.75) is 12.5 Å². The van der Waals surface area contributed by atoms with E-state index in [2.05, 4.69) is 34.5 Å². The standard InChI is InChI=1S/C13H19FN2/c14-7-10-16-9-4-8-15-13(11-16)12-5-2-1-3-6-12/h1-3,5-6,13,15H,4,7-11H2. The average Bonchev–Trinajstić information content (AvgIpc) is 2.56. The second-order valence-electron chi connectivity index (χ2n) is 4.26. The van der Waals surface area contributed by atoms with Crippen LogP contribution in [-0.2, 0) is 0 Å². The lowest BCUT2D eigenvalue weighted by Crippen LogP contribution is -2.32. The molecule has 1 aliphatic heterocycles. The minimum Gasteiger partial charge on any atom is -0.309 e. The molecule has 1 saturated heterocycles. The Bertz CT molecular complexity index is 302. The Morgan fingerprint density at radius 1 is 1.31 bits per heavy atom. The highest BCUT2D eigenvalue weighted by Crippen LogP contribution is 2.16. The van der Waals surface area contributed by atoms with Gasteiger partial charge in [-0.05, 0) is 25.1 Å². The molecule has 0 saturated carbocycles. The summed E-state index contributed by atoms with van der Waals surface area (Å²) < 4.78 is 12.4. The van der Waals surface area contributed by atoms with E-state index in [4.69, 9.17) is 0 Å². The zero-order chi connectivity index (χ0) is 11.2. The Kier molecular flexibility index (Phi) is 4.31. The lowest BCUT2D eigenvalue weighted by atomic mass is 10.1. The first kappa shape index (κ1) is 11.6. The van der Waals surface area contributed by atoms with Crippen molar-refractivity contribution in [3.63, 3.8) is 0 Å². The van der Waals surface area contributed by atoms with Crippen LogP contribution < -0.4 is 5.32 Å². The zero-order valence-corrected chi connectivity index (χ0v) is 9.53. The molecule has 16 heavy (non-hydrogen) atoms. The molecule has 1 unspecified atom stereocenters. The zero-order valence-electron chi connectivity index (χ0n) is 9.53. The van der Waals surface area contributed by atoms with Crippen molar-refractivity contribution in [3.05, 3.63) is 35.9 Å². The summed E-state index contributed by atoms with van der Waals surface area (Å²) in [6, 6.07) is 10.8. The van der Waals surface area contributed by atoms with Crippen LogP contribution in [0.4, 0.5) is 4.39 Å². The molecule has 0 radical (unpaired) electrons. The number of rotatable bonds is 3. The van der Waals surface area contributed by atoms with Gasteiger partial charge in [0.2, 0.25) is 0 Å². The molecule has 1 aliphatic rings. The molecule has 1 aromatic rings. The van der Waals surface area contributed by atoms with Crippen molar-refractivity contribution in [2.24, 2.45) is 0 Å². The lowest BCUT2D eigenvalue weighted by Gasteiger charge is -2.23. The maximum atomic E-state index is 12.4. The maximum Gasteiger partial charge on any atom is 0.102 e. The fourth-order valence-corrected chi connectivity index (χ4v) is 2.22. The van der Waals surface area contributed by atoms with Gasteiger partial charge in [-0.2, -0.15) is 0 Å². The van der Waals surface area contributed by atoms with E-state index < -0.39 is 0 Å². The van der Waals surface area contributed by atoms with Crippen LogP contribution in [0.3, 0.4) is 0 Å². The number of hydrogen-bond donors (Lipinski definition) is 1. The van der Waals surface area contributed by atoms with E-state index >= 15 is 0 Å². The van der Waals surface area contributed by atoms with Crippen LogP contribution in [0.15, 0.2) is 30.3 Å². The first-order chi connectivity index (χ1) is 7.90. The molecule has 1 heterocycles. The molecular weight excluding hydrogens is 203 g/mol. The first-order valence-corrected chi connectivity index (χ1v) is 5.97. The molecule has 88 valence electrons. The molecular formula is C13H19FN2. The Morgan fingerprint density at radius 2 is 2.12 bits per heavy atom. The van der Waals surface area contributed by atoms with Crippen LogP contribution >= 0.6 is 0 Å². The molecule has 0 aliphatic carbocycles. The number of benzene rings is 1. The normalized spacial score (nSPS) is 22.9. The molecule has 1 atom stereocenters. The van der Waals surface area contributed by atoms with Crippen molar-refractivity contribution < 1.29 is 4.39 Å². The van der Waals surface area contributed by atoms with Gasteiger partial charge < -0.3 is 5.32 Å². The molecule has 0 aromatic heterocycles.